The first-order chi connectivity index (χ1) is 19.4. The number of urea groups is 1. The van der Waals surface area contributed by atoms with Gasteiger partial charge in [0.2, 0.25) is 5.91 Å². The van der Waals surface area contributed by atoms with E-state index < -0.39 is 68.1 Å². The zero-order valence-electron chi connectivity index (χ0n) is 23.5. The second-order valence-corrected chi connectivity index (χ2v) is 12.7. The molecular formula is C23H43BN3O12PS. The Kier molecular flexibility index (Phi) is 15.9. The van der Waals surface area contributed by atoms with Gasteiger partial charge in [0, 0.05) is 52.8 Å². The summed E-state index contributed by atoms with van der Waals surface area (Å²) in [6.45, 7) is -1.60. The van der Waals surface area contributed by atoms with E-state index in [2.05, 4.69) is 16.0 Å². The van der Waals surface area contributed by atoms with Gasteiger partial charge >= 0.3 is 12.7 Å². The monoisotopic (exact) mass is 627 g/mol. The van der Waals surface area contributed by atoms with E-state index in [0.717, 1.165) is 0 Å². The van der Waals surface area contributed by atoms with Crippen molar-refractivity contribution in [3.05, 3.63) is 0 Å². The molecule has 2 aliphatic heterocycles. The molecule has 3 amide bonds. The van der Waals surface area contributed by atoms with Gasteiger partial charge in [-0.15, -0.1) is 0 Å². The van der Waals surface area contributed by atoms with Crippen LogP contribution in [0.2, 0.25) is 0 Å². The number of nitrogens with one attached hydrogen (secondary N) is 3. The maximum Gasteiger partial charge on any atom is 0.324 e. The number of aliphatic hydroxyl groups excluding tert-OH is 3. The number of rotatable bonds is 17. The fourth-order valence-electron chi connectivity index (χ4n) is 4.66. The summed E-state index contributed by atoms with van der Waals surface area (Å²) in [4.78, 5) is 33.8. The van der Waals surface area contributed by atoms with Crippen LogP contribution in [-0.4, -0.2) is 136 Å². The summed E-state index contributed by atoms with van der Waals surface area (Å²) in [6.07, 6.45) is -3.80. The minimum absolute atomic E-state index is 0.187. The van der Waals surface area contributed by atoms with Crippen LogP contribution in [0.15, 0.2) is 0 Å². The molecule has 15 nitrogen and oxygen atoms in total. The summed E-state index contributed by atoms with van der Waals surface area (Å²) in [5, 5.41) is 37.7. The molecule has 236 valence electrons. The molecule has 2 fully saturated rings. The van der Waals surface area contributed by atoms with Crippen LogP contribution in [0.4, 0.5) is 4.79 Å². The van der Waals surface area contributed by atoms with Crippen LogP contribution in [0.5, 0.6) is 0 Å². The van der Waals surface area contributed by atoms with Gasteiger partial charge in [0.1, 0.15) is 44.4 Å². The Balaban J connectivity index is 1.67. The molecule has 0 aromatic rings. The number of ether oxygens (including phenoxy) is 4. The van der Waals surface area contributed by atoms with Gasteiger partial charge in [0.25, 0.3) is 0 Å². The lowest BCUT2D eigenvalue weighted by Gasteiger charge is -2.42. The molecule has 10 atom stereocenters. The summed E-state index contributed by atoms with van der Waals surface area (Å²) >= 11 is 4.98. The Morgan fingerprint density at radius 3 is 2.34 bits per heavy atom. The average Bonchev–Trinajstić information content (AvgIpc) is 3.20. The number of hydrogen-bond donors (Lipinski definition) is 7. The van der Waals surface area contributed by atoms with Crippen LogP contribution in [0, 0.1) is 5.92 Å². The number of hydrogen-bond acceptors (Lipinski definition) is 12. The minimum Gasteiger partial charge on any atom is -0.394 e. The van der Waals surface area contributed by atoms with E-state index in [1.54, 1.807) is 0 Å². The minimum atomic E-state index is -3.45. The quantitative estimate of drug-likeness (QED) is 0.0541. The van der Waals surface area contributed by atoms with Crippen LogP contribution in [0.3, 0.4) is 0 Å². The van der Waals surface area contributed by atoms with Gasteiger partial charge in [0.15, 0.2) is 6.29 Å². The van der Waals surface area contributed by atoms with Gasteiger partial charge in [-0.05, 0) is 37.5 Å². The lowest BCUT2D eigenvalue weighted by molar-refractivity contribution is -0.270. The van der Waals surface area contributed by atoms with Crippen molar-refractivity contribution >= 4 is 38.3 Å². The number of carbonyl (C=O) groups is 2. The fraction of sp³-hybridized carbons (Fsp3) is 0.913. The second-order valence-electron chi connectivity index (χ2n) is 9.82. The van der Waals surface area contributed by atoms with Gasteiger partial charge in [-0.3, -0.25) is 4.79 Å². The highest BCUT2D eigenvalue weighted by Crippen LogP contribution is 2.48. The summed E-state index contributed by atoms with van der Waals surface area (Å²) in [5.74, 6) is -0.727. The molecule has 2 aliphatic rings. The fourth-order valence-corrected chi connectivity index (χ4v) is 5.64. The summed E-state index contributed by atoms with van der Waals surface area (Å²) in [5.41, 5.74) is 0. The van der Waals surface area contributed by atoms with Crippen molar-refractivity contribution in [3.63, 3.8) is 0 Å². The second kappa shape index (κ2) is 18.0. The van der Waals surface area contributed by atoms with E-state index in [4.69, 9.17) is 47.6 Å². The number of unbranched alkanes of at least 4 members (excludes halogenated alkanes) is 1. The van der Waals surface area contributed by atoms with Crippen LogP contribution in [0.25, 0.3) is 0 Å². The number of aliphatic hydroxyl groups is 3. The third-order valence-electron chi connectivity index (χ3n) is 6.75. The molecule has 2 heterocycles. The van der Waals surface area contributed by atoms with E-state index in [9.17, 15) is 29.8 Å². The van der Waals surface area contributed by atoms with Gasteiger partial charge in [-0.25, -0.2) is 4.79 Å². The molecule has 0 spiro atoms. The predicted molar refractivity (Wildman–Crippen MR) is 149 cm³/mol. The number of amides is 3. The highest BCUT2D eigenvalue weighted by Gasteiger charge is 2.46. The summed E-state index contributed by atoms with van der Waals surface area (Å²) in [6, 6.07) is -2.01. The molecule has 0 bridgehead atoms. The molecule has 7 N–H and O–H groups in total. The number of methoxy groups -OCH3 is 1. The van der Waals surface area contributed by atoms with Crippen LogP contribution >= 0.6 is 6.72 Å². The Bertz CT molecular complexity index is 867. The van der Waals surface area contributed by atoms with Crippen molar-refractivity contribution in [2.75, 3.05) is 47.1 Å². The molecule has 2 radical (unpaired) electrons. The molecule has 0 saturated carbocycles. The standard InChI is InChI=1S/C23H43BN3O12PS/c1-13(29)27-17-19(31)18(30)15(11-28)38-22(17)36-10-5-4-8-25-23(32)26-9-6-7-14-20(39-40(33,41)35-3)16(12-34-2)37-21(14)24/h14-22,28,30-31H,4-12H2,1-3H3,(H,27,29)(H,33,41)(H2,25,26,32)/t14-,15+,16+,17+,18-,19+,20?,21+,22+,40?/m0/s1. The van der Waals surface area contributed by atoms with E-state index in [1.807, 2.05) is 0 Å². The SMILES string of the molecule is [B][C@@H]1O[C@H](COC)C(OP(O)(=S)OC)[C@@H]1CCCNC(=O)NCCCCO[C@@H]1O[C@H](CO)[C@H](O)[C@H](O)[C@H]1NC(C)=O. The Labute approximate surface area is 246 Å². The molecule has 41 heavy (non-hydrogen) atoms. The molecule has 18 heteroatoms. The molecule has 2 rings (SSSR count). The van der Waals surface area contributed by atoms with Crippen LogP contribution in [-0.2, 0) is 44.6 Å². The lowest BCUT2D eigenvalue weighted by atomic mass is 9.82. The molecule has 0 aliphatic carbocycles. The zero-order chi connectivity index (χ0) is 30.6. The van der Waals surface area contributed by atoms with Crippen LogP contribution < -0.4 is 16.0 Å². The van der Waals surface area contributed by atoms with Gasteiger partial charge < -0.3 is 64.2 Å². The van der Waals surface area contributed by atoms with E-state index >= 15 is 0 Å². The smallest absolute Gasteiger partial charge is 0.324 e. The lowest BCUT2D eigenvalue weighted by Crippen LogP contribution is -2.64. The highest BCUT2D eigenvalue weighted by atomic mass is 32.5. The Hall–Kier alpha value is -0.945. The molecular weight excluding hydrogens is 584 g/mol. The van der Waals surface area contributed by atoms with E-state index in [0.29, 0.717) is 38.8 Å². The number of carbonyl (C=O) groups excluding carboxylic acids is 2. The molecule has 2 unspecified atom stereocenters. The highest BCUT2D eigenvalue weighted by molar-refractivity contribution is 8.07. The van der Waals surface area contributed by atoms with Crippen molar-refractivity contribution in [2.24, 2.45) is 5.92 Å². The first kappa shape index (κ1) is 36.2. The molecule has 0 aromatic carbocycles. The van der Waals surface area contributed by atoms with Gasteiger partial charge in [-0.1, -0.05) is 0 Å². The summed E-state index contributed by atoms with van der Waals surface area (Å²) < 4.78 is 32.6. The largest absolute Gasteiger partial charge is 0.394 e. The summed E-state index contributed by atoms with van der Waals surface area (Å²) in [7, 11) is 8.91. The third-order valence-corrected chi connectivity index (χ3v) is 8.42. The third kappa shape index (κ3) is 11.6. The van der Waals surface area contributed by atoms with Gasteiger partial charge in [0.05, 0.1) is 13.2 Å². The maximum atomic E-state index is 12.2. The Morgan fingerprint density at radius 1 is 1.05 bits per heavy atom. The van der Waals surface area contributed by atoms with E-state index in [-0.39, 0.29) is 25.2 Å². The van der Waals surface area contributed by atoms with Crippen molar-refractivity contribution in [3.8, 4) is 0 Å². The first-order valence-corrected chi connectivity index (χ1v) is 16.0. The Morgan fingerprint density at radius 2 is 1.73 bits per heavy atom. The topological polar surface area (TPSA) is 207 Å². The van der Waals surface area contributed by atoms with Crippen molar-refractivity contribution < 1.29 is 57.8 Å². The van der Waals surface area contributed by atoms with Crippen molar-refractivity contribution in [1.29, 1.82) is 0 Å². The van der Waals surface area contributed by atoms with Crippen molar-refractivity contribution in [2.45, 2.75) is 81.5 Å². The molecule has 2 saturated heterocycles. The van der Waals surface area contributed by atoms with Crippen molar-refractivity contribution in [1.82, 2.24) is 16.0 Å². The average molecular weight is 627 g/mol. The van der Waals surface area contributed by atoms with Gasteiger partial charge in [-0.2, -0.15) is 0 Å². The first-order valence-electron chi connectivity index (χ1n) is 13.4. The predicted octanol–water partition coefficient (Wildman–Crippen LogP) is -1.79. The maximum absolute atomic E-state index is 12.2. The van der Waals surface area contributed by atoms with Crippen LogP contribution in [0.1, 0.15) is 32.6 Å². The normalized spacial score (nSPS) is 33.2. The molecule has 0 aromatic heterocycles. The zero-order valence-corrected chi connectivity index (χ0v) is 25.3. The van der Waals surface area contributed by atoms with E-state index in [1.165, 1.54) is 21.1 Å².